The highest BCUT2D eigenvalue weighted by atomic mass is 32.2. The van der Waals surface area contributed by atoms with Crippen LogP contribution in [-0.2, 0) is 14.8 Å². The molecule has 3 rings (SSSR count). The molecule has 1 N–H and O–H groups in total. The average molecular weight is 470 g/mol. The molecular formula is C27H35NO4S. The van der Waals surface area contributed by atoms with Gasteiger partial charge in [-0.05, 0) is 59.9 Å². The zero-order chi connectivity index (χ0) is 24.8. The lowest BCUT2D eigenvalue weighted by molar-refractivity contribution is -0.138. The molecule has 0 bridgehead atoms. The largest absolute Gasteiger partial charge is 0.481 e. The summed E-state index contributed by atoms with van der Waals surface area (Å²) < 4.78 is 30.2. The minimum absolute atomic E-state index is 0.00511. The molecule has 0 fully saturated rings. The molecule has 0 saturated carbocycles. The Kier molecular flexibility index (Phi) is 6.81. The van der Waals surface area contributed by atoms with Gasteiger partial charge in [-0.1, -0.05) is 71.9 Å². The monoisotopic (exact) mass is 469 g/mol. The number of aromatic nitrogens is 1. The molecule has 1 heterocycles. The number of hydrogen-bond donors (Lipinski definition) is 1. The van der Waals surface area contributed by atoms with Crippen LogP contribution in [0.3, 0.4) is 0 Å². The normalized spacial score (nSPS) is 13.4. The molecule has 5 nitrogen and oxygen atoms in total. The Morgan fingerprint density at radius 3 is 1.85 bits per heavy atom. The molecule has 0 spiro atoms. The molecule has 1 atom stereocenters. The van der Waals surface area contributed by atoms with Crippen molar-refractivity contribution in [2.45, 2.75) is 84.0 Å². The Morgan fingerprint density at radius 2 is 1.39 bits per heavy atom. The first-order valence-corrected chi connectivity index (χ1v) is 13.0. The fourth-order valence-corrected chi connectivity index (χ4v) is 6.87. The van der Waals surface area contributed by atoms with Gasteiger partial charge in [0, 0.05) is 11.1 Å². The van der Waals surface area contributed by atoms with Gasteiger partial charge in [0.1, 0.15) is 0 Å². The first kappa shape index (κ1) is 25.0. The van der Waals surface area contributed by atoms with Crippen LogP contribution < -0.4 is 0 Å². The molecule has 0 amide bonds. The Morgan fingerprint density at radius 1 is 0.879 bits per heavy atom. The molecule has 1 aromatic heterocycles. The second-order valence-corrected chi connectivity index (χ2v) is 11.6. The SMILES string of the molecule is Cc1c(C(C)C(=O)O)c2ccccc2n1S(=O)(=O)c1c(C(C)C)cc(C(C)C)cc1C(C)C. The van der Waals surface area contributed by atoms with Crippen molar-refractivity contribution < 1.29 is 18.3 Å². The van der Waals surface area contributed by atoms with Crippen molar-refractivity contribution in [1.29, 1.82) is 0 Å². The van der Waals surface area contributed by atoms with Crippen LogP contribution in [0, 0.1) is 6.92 Å². The smallest absolute Gasteiger partial charge is 0.310 e. The topological polar surface area (TPSA) is 76.4 Å². The zero-order valence-electron chi connectivity index (χ0n) is 20.8. The van der Waals surface area contributed by atoms with Crippen LogP contribution in [0.25, 0.3) is 10.9 Å². The van der Waals surface area contributed by atoms with Crippen LogP contribution in [0.1, 0.15) is 100 Å². The van der Waals surface area contributed by atoms with Crippen molar-refractivity contribution in [2.75, 3.05) is 0 Å². The van der Waals surface area contributed by atoms with Gasteiger partial charge in [0.15, 0.2) is 0 Å². The van der Waals surface area contributed by atoms with Gasteiger partial charge in [-0.3, -0.25) is 4.79 Å². The maximum Gasteiger partial charge on any atom is 0.310 e. The highest BCUT2D eigenvalue weighted by Crippen LogP contribution is 2.40. The molecule has 1 unspecified atom stereocenters. The molecule has 178 valence electrons. The van der Waals surface area contributed by atoms with E-state index in [2.05, 4.69) is 13.8 Å². The maximum atomic E-state index is 14.4. The van der Waals surface area contributed by atoms with E-state index in [0.29, 0.717) is 27.1 Å². The number of carbonyl (C=O) groups is 1. The molecular weight excluding hydrogens is 434 g/mol. The van der Waals surface area contributed by atoms with E-state index in [4.69, 9.17) is 0 Å². The van der Waals surface area contributed by atoms with E-state index >= 15 is 0 Å². The molecule has 0 aliphatic rings. The molecule has 0 saturated heterocycles. The van der Waals surface area contributed by atoms with Crippen LogP contribution >= 0.6 is 0 Å². The summed E-state index contributed by atoms with van der Waals surface area (Å²) in [6, 6.07) is 11.2. The van der Waals surface area contributed by atoms with E-state index in [1.165, 1.54) is 3.97 Å². The van der Waals surface area contributed by atoms with E-state index in [-0.39, 0.29) is 17.8 Å². The quantitative estimate of drug-likeness (QED) is 0.415. The summed E-state index contributed by atoms with van der Waals surface area (Å²) in [5.74, 6) is -1.53. The number of carboxylic acid groups (broad SMARTS) is 1. The van der Waals surface area contributed by atoms with Gasteiger partial charge in [0.2, 0.25) is 0 Å². The van der Waals surface area contributed by atoms with Crippen LogP contribution in [0.2, 0.25) is 0 Å². The average Bonchev–Trinajstić information content (AvgIpc) is 3.04. The van der Waals surface area contributed by atoms with E-state index in [9.17, 15) is 18.3 Å². The van der Waals surface area contributed by atoms with Gasteiger partial charge in [0.25, 0.3) is 10.0 Å². The van der Waals surface area contributed by atoms with E-state index in [0.717, 1.165) is 16.7 Å². The predicted octanol–water partition coefficient (Wildman–Crippen LogP) is 6.75. The second kappa shape index (κ2) is 8.98. The summed E-state index contributed by atoms with van der Waals surface area (Å²) in [7, 11) is -4.00. The van der Waals surface area contributed by atoms with Crippen LogP contribution in [0.5, 0.6) is 0 Å². The van der Waals surface area contributed by atoms with Crippen molar-refractivity contribution >= 4 is 26.9 Å². The predicted molar refractivity (Wildman–Crippen MR) is 134 cm³/mol. The number of carboxylic acids is 1. The minimum Gasteiger partial charge on any atom is -0.481 e. The molecule has 0 aliphatic heterocycles. The second-order valence-electron chi connectivity index (χ2n) is 9.84. The summed E-state index contributed by atoms with van der Waals surface area (Å²) in [4.78, 5) is 12.2. The first-order valence-electron chi connectivity index (χ1n) is 11.6. The Hall–Kier alpha value is -2.60. The molecule has 33 heavy (non-hydrogen) atoms. The van der Waals surface area contributed by atoms with Gasteiger partial charge in [-0.2, -0.15) is 0 Å². The summed E-state index contributed by atoms with van der Waals surface area (Å²) in [5.41, 5.74) is 4.22. The number of nitrogens with zero attached hydrogens (tertiary/aromatic N) is 1. The Balaban J connectivity index is 2.48. The van der Waals surface area contributed by atoms with Crippen molar-refractivity contribution in [2.24, 2.45) is 0 Å². The van der Waals surface area contributed by atoms with Gasteiger partial charge in [0.05, 0.1) is 16.3 Å². The maximum absolute atomic E-state index is 14.4. The number of benzene rings is 2. The van der Waals surface area contributed by atoms with Crippen LogP contribution in [0.15, 0.2) is 41.3 Å². The van der Waals surface area contributed by atoms with Gasteiger partial charge < -0.3 is 5.11 Å². The lowest BCUT2D eigenvalue weighted by Crippen LogP contribution is -2.20. The van der Waals surface area contributed by atoms with E-state index < -0.39 is 21.9 Å². The van der Waals surface area contributed by atoms with Gasteiger partial charge in [-0.25, -0.2) is 12.4 Å². The zero-order valence-corrected chi connectivity index (χ0v) is 21.6. The number of para-hydroxylation sites is 1. The van der Waals surface area contributed by atoms with E-state index in [1.807, 2.05) is 45.9 Å². The standard InChI is InChI=1S/C27H35NO4S/c1-15(2)20-13-22(16(3)4)26(23(14-20)17(5)6)33(31,32)28-19(8)25(18(7)27(29)30)21-11-9-10-12-24(21)28/h9-18H,1-8H3,(H,29,30). The van der Waals surface area contributed by atoms with Crippen molar-refractivity contribution in [3.05, 3.63) is 64.3 Å². The molecule has 0 radical (unpaired) electrons. The van der Waals surface area contributed by atoms with Crippen molar-refractivity contribution in [3.8, 4) is 0 Å². The highest BCUT2D eigenvalue weighted by Gasteiger charge is 2.33. The third kappa shape index (κ3) is 4.21. The fourth-order valence-electron chi connectivity index (χ4n) is 4.62. The summed E-state index contributed by atoms with van der Waals surface area (Å²) in [6.45, 7) is 15.6. The third-order valence-electron chi connectivity index (χ3n) is 6.49. The summed E-state index contributed by atoms with van der Waals surface area (Å²) >= 11 is 0. The highest BCUT2D eigenvalue weighted by molar-refractivity contribution is 7.90. The number of aliphatic carboxylic acids is 1. The first-order chi connectivity index (χ1) is 15.3. The minimum atomic E-state index is -4.00. The van der Waals surface area contributed by atoms with Gasteiger partial charge >= 0.3 is 5.97 Å². The van der Waals surface area contributed by atoms with Crippen LogP contribution in [0.4, 0.5) is 0 Å². The number of rotatable bonds is 7. The lowest BCUT2D eigenvalue weighted by atomic mass is 9.89. The molecule has 3 aromatic rings. The Labute approximate surface area is 197 Å². The fraction of sp³-hybridized carbons (Fsp3) is 0.444. The Bertz CT molecular complexity index is 1280. The van der Waals surface area contributed by atoms with Crippen molar-refractivity contribution in [3.63, 3.8) is 0 Å². The van der Waals surface area contributed by atoms with Gasteiger partial charge in [-0.15, -0.1) is 0 Å². The molecule has 0 aliphatic carbocycles. The number of fused-ring (bicyclic) bond motifs is 1. The summed E-state index contributed by atoms with van der Waals surface area (Å²) in [6.07, 6.45) is 0. The van der Waals surface area contributed by atoms with Crippen LogP contribution in [-0.4, -0.2) is 23.5 Å². The van der Waals surface area contributed by atoms with Crippen molar-refractivity contribution in [1.82, 2.24) is 3.97 Å². The third-order valence-corrected chi connectivity index (χ3v) is 8.43. The summed E-state index contributed by atoms with van der Waals surface area (Å²) in [5, 5.41) is 10.4. The molecule has 6 heteroatoms. The molecule has 2 aromatic carbocycles. The lowest BCUT2D eigenvalue weighted by Gasteiger charge is -2.24. The number of hydrogen-bond acceptors (Lipinski definition) is 3. The van der Waals surface area contributed by atoms with E-state index in [1.54, 1.807) is 32.0 Å².